The van der Waals surface area contributed by atoms with Crippen LogP contribution in [0.2, 0.25) is 0 Å². The summed E-state index contributed by atoms with van der Waals surface area (Å²) in [4.78, 5) is 24.1. The van der Waals surface area contributed by atoms with Gasteiger partial charge in [-0.05, 0) is 18.1 Å². The second-order valence-electron chi connectivity index (χ2n) is 8.28. The summed E-state index contributed by atoms with van der Waals surface area (Å²) in [7, 11) is 0. The number of hydrogen-bond donors (Lipinski definition) is 1. The minimum Gasteiger partial charge on any atom is -0.347 e. The van der Waals surface area contributed by atoms with Gasteiger partial charge < -0.3 is 5.32 Å². The van der Waals surface area contributed by atoms with Crippen LogP contribution in [0.1, 0.15) is 34.0 Å². The van der Waals surface area contributed by atoms with Gasteiger partial charge in [-0.25, -0.2) is 19.6 Å². The van der Waals surface area contributed by atoms with Gasteiger partial charge in [0.25, 0.3) is 5.91 Å². The van der Waals surface area contributed by atoms with Crippen LogP contribution < -0.4 is 5.32 Å². The number of aromatic nitrogens is 6. The van der Waals surface area contributed by atoms with E-state index in [9.17, 15) is 31.1 Å². The van der Waals surface area contributed by atoms with Gasteiger partial charge in [-0.15, -0.1) is 0 Å². The number of alkyl halides is 6. The summed E-state index contributed by atoms with van der Waals surface area (Å²) in [5, 5.41) is 6.74. The Bertz CT molecular complexity index is 1420. The van der Waals surface area contributed by atoms with Gasteiger partial charge >= 0.3 is 12.4 Å². The van der Waals surface area contributed by atoms with E-state index in [-0.39, 0.29) is 43.4 Å². The van der Waals surface area contributed by atoms with Crippen LogP contribution >= 0.6 is 0 Å². The highest BCUT2D eigenvalue weighted by atomic mass is 19.4. The number of rotatable bonds is 4. The number of aryl methyl sites for hydroxylation is 1. The zero-order valence-electron chi connectivity index (χ0n) is 18.3. The fourth-order valence-corrected chi connectivity index (χ4v) is 4.05. The van der Waals surface area contributed by atoms with E-state index in [1.807, 2.05) is 0 Å². The van der Waals surface area contributed by atoms with Crippen LogP contribution in [0.3, 0.4) is 0 Å². The van der Waals surface area contributed by atoms with E-state index < -0.39 is 35.6 Å². The van der Waals surface area contributed by atoms with Crippen LogP contribution in [0.15, 0.2) is 42.7 Å². The smallest absolute Gasteiger partial charge is 0.347 e. The number of benzene rings is 1. The van der Waals surface area contributed by atoms with Gasteiger partial charge in [0.15, 0.2) is 11.5 Å². The maximum Gasteiger partial charge on any atom is 0.435 e. The largest absolute Gasteiger partial charge is 0.435 e. The van der Waals surface area contributed by atoms with Crippen molar-refractivity contribution < 1.29 is 31.1 Å². The lowest BCUT2D eigenvalue weighted by Gasteiger charge is -2.24. The average Bonchev–Trinajstić information content (AvgIpc) is 3.43. The third-order valence-electron chi connectivity index (χ3n) is 5.88. The molecule has 0 aliphatic carbocycles. The van der Waals surface area contributed by atoms with Crippen molar-refractivity contribution in [1.82, 2.24) is 34.4 Å². The summed E-state index contributed by atoms with van der Waals surface area (Å²) in [6, 6.07) is 7.88. The molecule has 1 atom stereocenters. The average molecular weight is 509 g/mol. The lowest BCUT2D eigenvalue weighted by atomic mass is 9.98. The van der Waals surface area contributed by atoms with E-state index in [1.165, 1.54) is 23.1 Å². The van der Waals surface area contributed by atoms with Gasteiger partial charge in [-0.1, -0.05) is 24.3 Å². The first-order valence-corrected chi connectivity index (χ1v) is 10.8. The number of nitrogens with zero attached hydrogens (tertiary/aromatic N) is 6. The highest BCUT2D eigenvalue weighted by molar-refractivity contribution is 5.94. The fourth-order valence-electron chi connectivity index (χ4n) is 4.05. The first kappa shape index (κ1) is 23.8. The first-order chi connectivity index (χ1) is 17.0. The number of imidazole rings is 1. The Kier molecular flexibility index (Phi) is 5.68. The summed E-state index contributed by atoms with van der Waals surface area (Å²) in [5.74, 6) is -2.14. The molecule has 4 heterocycles. The predicted octanol–water partition coefficient (Wildman–Crippen LogP) is 4.06. The van der Waals surface area contributed by atoms with Crippen molar-refractivity contribution in [2.75, 3.05) is 0 Å². The molecule has 4 aromatic rings. The number of amides is 1. The molecule has 0 radical (unpaired) electrons. The summed E-state index contributed by atoms with van der Waals surface area (Å²) < 4.78 is 81.8. The normalized spacial score (nSPS) is 16.2. The van der Waals surface area contributed by atoms with Crippen molar-refractivity contribution in [3.8, 4) is 11.4 Å². The predicted molar refractivity (Wildman–Crippen MR) is 112 cm³/mol. The molecule has 14 heteroatoms. The zero-order valence-corrected chi connectivity index (χ0v) is 18.3. The maximum atomic E-state index is 13.4. The third-order valence-corrected chi connectivity index (χ3v) is 5.88. The minimum absolute atomic E-state index is 0.0590. The molecule has 36 heavy (non-hydrogen) atoms. The van der Waals surface area contributed by atoms with Crippen molar-refractivity contribution in [2.45, 2.75) is 38.3 Å². The number of carbonyl (C=O) groups is 1. The Morgan fingerprint density at radius 2 is 1.83 bits per heavy atom. The molecule has 1 aliphatic rings. The van der Waals surface area contributed by atoms with E-state index in [0.29, 0.717) is 11.1 Å². The van der Waals surface area contributed by atoms with E-state index in [4.69, 9.17) is 0 Å². The Hall–Kier alpha value is -3.97. The minimum atomic E-state index is -4.85. The van der Waals surface area contributed by atoms with Crippen molar-refractivity contribution in [3.63, 3.8) is 0 Å². The molecule has 0 fully saturated rings. The Morgan fingerprint density at radius 3 is 2.53 bits per heavy atom. The second-order valence-corrected chi connectivity index (χ2v) is 8.28. The van der Waals surface area contributed by atoms with Crippen molar-refractivity contribution in [3.05, 3.63) is 65.5 Å². The van der Waals surface area contributed by atoms with Crippen LogP contribution in [-0.2, 0) is 25.7 Å². The maximum absolute atomic E-state index is 13.4. The van der Waals surface area contributed by atoms with Gasteiger partial charge in [0.1, 0.15) is 11.5 Å². The summed E-state index contributed by atoms with van der Waals surface area (Å²) in [6.45, 7) is 0.0413. The number of carbonyl (C=O) groups excluding carboxylic acids is 1. The molecule has 5 rings (SSSR count). The monoisotopic (exact) mass is 509 g/mol. The molecule has 1 aliphatic heterocycles. The van der Waals surface area contributed by atoms with E-state index >= 15 is 0 Å². The van der Waals surface area contributed by atoms with Gasteiger partial charge in [-0.3, -0.25) is 9.20 Å². The molecule has 0 bridgehead atoms. The van der Waals surface area contributed by atoms with E-state index in [2.05, 4.69) is 25.4 Å². The molecule has 188 valence electrons. The number of hydrogen-bond acceptors (Lipinski definition) is 5. The molecule has 1 amide bonds. The molecule has 3 aromatic heterocycles. The van der Waals surface area contributed by atoms with Crippen molar-refractivity contribution >= 4 is 11.7 Å². The molecule has 8 nitrogen and oxygen atoms in total. The Balaban J connectivity index is 1.30. The zero-order chi connectivity index (χ0) is 25.7. The second kappa shape index (κ2) is 8.60. The molecule has 0 saturated heterocycles. The first-order valence-electron chi connectivity index (χ1n) is 10.8. The topological polar surface area (TPSA) is 90.0 Å². The van der Waals surface area contributed by atoms with Crippen LogP contribution in [-0.4, -0.2) is 41.2 Å². The van der Waals surface area contributed by atoms with Crippen molar-refractivity contribution in [2.24, 2.45) is 5.92 Å². The van der Waals surface area contributed by atoms with Crippen molar-refractivity contribution in [1.29, 1.82) is 0 Å². The van der Waals surface area contributed by atoms with E-state index in [0.717, 1.165) is 4.40 Å². The lowest BCUT2D eigenvalue weighted by Crippen LogP contribution is -2.31. The van der Waals surface area contributed by atoms with Crippen LogP contribution in [0, 0.1) is 5.92 Å². The van der Waals surface area contributed by atoms with Crippen LogP contribution in [0.5, 0.6) is 0 Å². The highest BCUT2D eigenvalue weighted by Crippen LogP contribution is 2.35. The summed E-state index contributed by atoms with van der Waals surface area (Å²) in [6.07, 6.45) is -6.90. The molecule has 0 unspecified atom stereocenters. The molecular formula is C22H17F6N7O. The molecular weight excluding hydrogens is 492 g/mol. The standard InChI is InChI=1S/C22H17F6N7O/c23-21(24,25)14-6-9-35-15(10-14)31-18(33-35)13-4-2-12(3-5-13)11-30-19(36)16-17(22(26,27)28)32-20-29-7-1-8-34(16)20/h1-5,7-8,14H,6,9-11H2,(H,30,36)/t14-/m1/s1. The summed E-state index contributed by atoms with van der Waals surface area (Å²) >= 11 is 0. The Labute approximate surface area is 199 Å². The molecule has 1 N–H and O–H groups in total. The van der Waals surface area contributed by atoms with Gasteiger partial charge in [0.2, 0.25) is 5.78 Å². The third kappa shape index (κ3) is 4.50. The van der Waals surface area contributed by atoms with Gasteiger partial charge in [0, 0.05) is 37.5 Å². The van der Waals surface area contributed by atoms with E-state index in [1.54, 1.807) is 24.3 Å². The highest BCUT2D eigenvalue weighted by Gasteiger charge is 2.42. The SMILES string of the molecule is O=C(NCc1ccc(-c2nc3n(n2)CC[C@@H](C(F)(F)F)C3)cc1)c1c(C(F)(F)F)nc2ncccn12. The quantitative estimate of drug-likeness (QED) is 0.419. The van der Waals surface area contributed by atoms with Crippen LogP contribution in [0.25, 0.3) is 17.2 Å². The van der Waals surface area contributed by atoms with Crippen LogP contribution in [0.4, 0.5) is 26.3 Å². The molecule has 1 aromatic carbocycles. The fraction of sp³-hybridized carbons (Fsp3) is 0.318. The molecule has 0 spiro atoms. The van der Waals surface area contributed by atoms with Gasteiger partial charge in [-0.2, -0.15) is 31.4 Å². The summed E-state index contributed by atoms with van der Waals surface area (Å²) in [5.41, 5.74) is -0.875. The number of fused-ring (bicyclic) bond motifs is 2. The Morgan fingerprint density at radius 1 is 1.08 bits per heavy atom. The number of halogens is 6. The van der Waals surface area contributed by atoms with Gasteiger partial charge in [0.05, 0.1) is 5.92 Å². The number of nitrogens with one attached hydrogen (secondary N) is 1. The molecule has 0 saturated carbocycles. The lowest BCUT2D eigenvalue weighted by molar-refractivity contribution is -0.179.